The molecule has 0 saturated heterocycles. The van der Waals surface area contributed by atoms with Crippen molar-refractivity contribution >= 4 is 11.7 Å². The smallest absolute Gasteiger partial charge is 0.251 e. The van der Waals surface area contributed by atoms with Crippen LogP contribution >= 0.6 is 0 Å². The second-order valence-corrected chi connectivity index (χ2v) is 3.45. The van der Waals surface area contributed by atoms with Crippen LogP contribution in [0.25, 0.3) is 0 Å². The van der Waals surface area contributed by atoms with Gasteiger partial charge in [-0.1, -0.05) is 5.16 Å². The van der Waals surface area contributed by atoms with Gasteiger partial charge in [-0.25, -0.2) is 0 Å². The number of nitrogens with zero attached hydrogens (tertiary/aromatic N) is 1. The standard InChI is InChI=1S/C11H15N3O3/c1-7(10(12)14-16)13-11(15)8-3-5-9(17-2)6-4-8/h3-7,16H,1-2H3,(H2,12,14)(H,13,15). The van der Waals surface area contributed by atoms with E-state index in [0.717, 1.165) is 0 Å². The van der Waals surface area contributed by atoms with E-state index in [9.17, 15) is 4.79 Å². The SMILES string of the molecule is COc1ccc(C(=O)NC(C)/C(N)=N/O)cc1. The average Bonchev–Trinajstić information content (AvgIpc) is 2.37. The number of nitrogens with one attached hydrogen (secondary N) is 1. The van der Waals surface area contributed by atoms with E-state index in [0.29, 0.717) is 11.3 Å². The Bertz CT molecular complexity index is 414. The highest BCUT2D eigenvalue weighted by Gasteiger charge is 2.12. The van der Waals surface area contributed by atoms with Crippen LogP contribution in [-0.2, 0) is 0 Å². The van der Waals surface area contributed by atoms with Gasteiger partial charge in [0.05, 0.1) is 13.2 Å². The van der Waals surface area contributed by atoms with Gasteiger partial charge in [0, 0.05) is 5.56 Å². The number of carbonyl (C=O) groups is 1. The first-order valence-electron chi connectivity index (χ1n) is 5.00. The molecule has 6 heteroatoms. The zero-order valence-electron chi connectivity index (χ0n) is 9.68. The van der Waals surface area contributed by atoms with Crippen molar-refractivity contribution in [1.29, 1.82) is 0 Å². The first-order chi connectivity index (χ1) is 8.08. The summed E-state index contributed by atoms with van der Waals surface area (Å²) in [6.07, 6.45) is 0. The molecule has 6 nitrogen and oxygen atoms in total. The molecule has 0 fully saturated rings. The summed E-state index contributed by atoms with van der Waals surface area (Å²) in [6, 6.07) is 6.10. The Balaban J connectivity index is 2.69. The first-order valence-corrected chi connectivity index (χ1v) is 5.00. The molecule has 0 radical (unpaired) electrons. The van der Waals surface area contributed by atoms with Gasteiger partial charge in [-0.2, -0.15) is 0 Å². The Morgan fingerprint density at radius 2 is 2.06 bits per heavy atom. The maximum Gasteiger partial charge on any atom is 0.251 e. The van der Waals surface area contributed by atoms with Crippen LogP contribution in [0.3, 0.4) is 0 Å². The Hall–Kier alpha value is -2.24. The molecular weight excluding hydrogens is 222 g/mol. The number of ether oxygens (including phenoxy) is 1. The number of oxime groups is 1. The van der Waals surface area contributed by atoms with Gasteiger partial charge in [0.15, 0.2) is 5.84 Å². The van der Waals surface area contributed by atoms with Crippen LogP contribution in [0.1, 0.15) is 17.3 Å². The fourth-order valence-electron chi connectivity index (χ4n) is 1.18. The second kappa shape index (κ2) is 5.74. The summed E-state index contributed by atoms with van der Waals surface area (Å²) in [4.78, 5) is 11.7. The van der Waals surface area contributed by atoms with Gasteiger partial charge in [0.1, 0.15) is 5.75 Å². The third-order valence-corrected chi connectivity index (χ3v) is 2.26. The highest BCUT2D eigenvalue weighted by molar-refractivity contribution is 5.98. The van der Waals surface area contributed by atoms with Crippen LogP contribution in [0.15, 0.2) is 29.4 Å². The van der Waals surface area contributed by atoms with E-state index in [4.69, 9.17) is 15.7 Å². The quantitative estimate of drug-likeness (QED) is 0.308. The van der Waals surface area contributed by atoms with E-state index in [1.807, 2.05) is 0 Å². The van der Waals surface area contributed by atoms with E-state index in [2.05, 4.69) is 10.5 Å². The second-order valence-electron chi connectivity index (χ2n) is 3.45. The van der Waals surface area contributed by atoms with Crippen molar-refractivity contribution in [3.05, 3.63) is 29.8 Å². The summed E-state index contributed by atoms with van der Waals surface area (Å²) in [5.41, 5.74) is 5.83. The highest BCUT2D eigenvalue weighted by Crippen LogP contribution is 2.11. The van der Waals surface area contributed by atoms with Gasteiger partial charge in [0.2, 0.25) is 0 Å². The number of methoxy groups -OCH3 is 1. The molecule has 17 heavy (non-hydrogen) atoms. The molecule has 1 aromatic carbocycles. The minimum atomic E-state index is -0.533. The summed E-state index contributed by atoms with van der Waals surface area (Å²) in [5.74, 6) is 0.324. The van der Waals surface area contributed by atoms with Crippen LogP contribution in [0, 0.1) is 0 Å². The van der Waals surface area contributed by atoms with Gasteiger partial charge in [-0.15, -0.1) is 0 Å². The topological polar surface area (TPSA) is 96.9 Å². The summed E-state index contributed by atoms with van der Waals surface area (Å²) < 4.78 is 4.98. The van der Waals surface area contributed by atoms with Gasteiger partial charge >= 0.3 is 0 Å². The summed E-state index contributed by atoms with van der Waals surface area (Å²) in [5, 5.41) is 13.9. The molecule has 0 aliphatic rings. The number of amidine groups is 1. The fourth-order valence-corrected chi connectivity index (χ4v) is 1.18. The number of nitrogens with two attached hydrogens (primary N) is 1. The highest BCUT2D eigenvalue weighted by atomic mass is 16.5. The molecule has 1 unspecified atom stereocenters. The Morgan fingerprint density at radius 1 is 1.47 bits per heavy atom. The van der Waals surface area contributed by atoms with Crippen LogP contribution in [0.5, 0.6) is 5.75 Å². The molecule has 4 N–H and O–H groups in total. The van der Waals surface area contributed by atoms with Crippen molar-refractivity contribution in [3.8, 4) is 5.75 Å². The predicted octanol–water partition coefficient (Wildman–Crippen LogP) is 0.560. The normalized spacial score (nSPS) is 12.9. The van der Waals surface area contributed by atoms with E-state index in [-0.39, 0.29) is 11.7 Å². The lowest BCUT2D eigenvalue weighted by molar-refractivity contribution is 0.0948. The molecule has 0 bridgehead atoms. The molecule has 1 atom stereocenters. The van der Waals surface area contributed by atoms with Crippen LogP contribution in [0.2, 0.25) is 0 Å². The Labute approximate surface area is 99.1 Å². The maximum atomic E-state index is 11.7. The van der Waals surface area contributed by atoms with Gasteiger partial charge in [-0.3, -0.25) is 4.79 Å². The molecule has 1 rings (SSSR count). The van der Waals surface area contributed by atoms with Gasteiger partial charge < -0.3 is 21.0 Å². The number of amides is 1. The zero-order valence-corrected chi connectivity index (χ0v) is 9.68. The third kappa shape index (κ3) is 3.37. The van der Waals surface area contributed by atoms with Crippen molar-refractivity contribution in [1.82, 2.24) is 5.32 Å². The third-order valence-electron chi connectivity index (χ3n) is 2.26. The molecule has 0 aliphatic carbocycles. The van der Waals surface area contributed by atoms with Crippen molar-refractivity contribution in [3.63, 3.8) is 0 Å². The maximum absolute atomic E-state index is 11.7. The fraction of sp³-hybridized carbons (Fsp3) is 0.273. The van der Waals surface area contributed by atoms with Crippen molar-refractivity contribution in [2.75, 3.05) is 7.11 Å². The number of rotatable bonds is 4. The van der Waals surface area contributed by atoms with Crippen LogP contribution in [0.4, 0.5) is 0 Å². The van der Waals surface area contributed by atoms with Crippen LogP contribution < -0.4 is 15.8 Å². The number of hydrogen-bond acceptors (Lipinski definition) is 4. The van der Waals surface area contributed by atoms with Gasteiger partial charge in [0.25, 0.3) is 5.91 Å². The molecular formula is C11H15N3O3. The minimum absolute atomic E-state index is 0.0492. The zero-order chi connectivity index (χ0) is 12.8. The molecule has 0 aromatic heterocycles. The minimum Gasteiger partial charge on any atom is -0.497 e. The number of hydrogen-bond donors (Lipinski definition) is 3. The number of benzene rings is 1. The molecule has 92 valence electrons. The van der Waals surface area contributed by atoms with Crippen LogP contribution in [-0.4, -0.2) is 30.1 Å². The van der Waals surface area contributed by atoms with E-state index < -0.39 is 6.04 Å². The molecule has 0 aliphatic heterocycles. The summed E-state index contributed by atoms with van der Waals surface area (Å²) in [6.45, 7) is 1.62. The molecule has 1 aromatic rings. The molecule has 0 saturated carbocycles. The van der Waals surface area contributed by atoms with E-state index in [1.54, 1.807) is 38.3 Å². The number of carbonyl (C=O) groups excluding carboxylic acids is 1. The molecule has 0 heterocycles. The molecule has 1 amide bonds. The predicted molar refractivity (Wildman–Crippen MR) is 63.3 cm³/mol. The van der Waals surface area contributed by atoms with E-state index in [1.165, 1.54) is 0 Å². The lowest BCUT2D eigenvalue weighted by Crippen LogP contribution is -2.42. The monoisotopic (exact) mass is 237 g/mol. The molecule has 0 spiro atoms. The Kier molecular flexibility index (Phi) is 4.33. The van der Waals surface area contributed by atoms with Gasteiger partial charge in [-0.05, 0) is 31.2 Å². The van der Waals surface area contributed by atoms with Crippen molar-refractivity contribution in [2.24, 2.45) is 10.9 Å². The Morgan fingerprint density at radius 3 is 2.53 bits per heavy atom. The lowest BCUT2D eigenvalue weighted by Gasteiger charge is -2.12. The first kappa shape index (κ1) is 12.8. The van der Waals surface area contributed by atoms with Crippen molar-refractivity contribution < 1.29 is 14.7 Å². The van der Waals surface area contributed by atoms with Crippen molar-refractivity contribution in [2.45, 2.75) is 13.0 Å². The summed E-state index contributed by atoms with van der Waals surface area (Å²) in [7, 11) is 1.55. The van der Waals surface area contributed by atoms with E-state index >= 15 is 0 Å². The largest absolute Gasteiger partial charge is 0.497 e. The lowest BCUT2D eigenvalue weighted by atomic mass is 10.2. The average molecular weight is 237 g/mol. The summed E-state index contributed by atoms with van der Waals surface area (Å²) >= 11 is 0.